The van der Waals surface area contributed by atoms with Crippen LogP contribution in [0.1, 0.15) is 19.3 Å². The van der Waals surface area contributed by atoms with Crippen molar-refractivity contribution in [2.75, 3.05) is 25.1 Å². The highest BCUT2D eigenvalue weighted by molar-refractivity contribution is 5.97. The summed E-state index contributed by atoms with van der Waals surface area (Å²) in [7, 11) is 0. The van der Waals surface area contributed by atoms with Gasteiger partial charge >= 0.3 is 6.61 Å². The second-order valence-electron chi connectivity index (χ2n) is 6.19. The van der Waals surface area contributed by atoms with Crippen molar-refractivity contribution in [3.8, 4) is 5.75 Å². The summed E-state index contributed by atoms with van der Waals surface area (Å²) in [6.07, 6.45) is 1.73. The molecule has 2 aliphatic heterocycles. The van der Waals surface area contributed by atoms with Gasteiger partial charge in [-0.15, -0.1) is 0 Å². The van der Waals surface area contributed by atoms with Gasteiger partial charge in [-0.2, -0.15) is 8.78 Å². The molecule has 2 heterocycles. The largest absolute Gasteiger partial charge is 0.435 e. The summed E-state index contributed by atoms with van der Waals surface area (Å²) in [5.41, 5.74) is 0.361. The summed E-state index contributed by atoms with van der Waals surface area (Å²) in [5, 5.41) is 2.67. The Balaban J connectivity index is 1.59. The van der Waals surface area contributed by atoms with Crippen molar-refractivity contribution in [3.05, 3.63) is 24.3 Å². The van der Waals surface area contributed by atoms with Gasteiger partial charge in [0.05, 0.1) is 5.92 Å². The maximum Gasteiger partial charge on any atom is 0.387 e. The van der Waals surface area contributed by atoms with Crippen LogP contribution in [-0.2, 0) is 14.3 Å². The molecule has 2 amide bonds. The number of halogens is 2. The summed E-state index contributed by atoms with van der Waals surface area (Å²) >= 11 is 0. The predicted octanol–water partition coefficient (Wildman–Crippen LogP) is 2.25. The fourth-order valence-electron chi connectivity index (χ4n) is 3.25. The minimum absolute atomic E-state index is 0.0261. The first-order valence-corrected chi connectivity index (χ1v) is 8.26. The number of benzene rings is 1. The molecule has 0 saturated carbocycles. The molecule has 8 heteroatoms. The van der Waals surface area contributed by atoms with Crippen LogP contribution in [0.25, 0.3) is 0 Å². The van der Waals surface area contributed by atoms with E-state index in [-0.39, 0.29) is 30.0 Å². The molecule has 1 N–H and O–H groups in total. The molecule has 2 saturated heterocycles. The first kappa shape index (κ1) is 17.6. The number of nitrogens with one attached hydrogen (secondary N) is 1. The number of hydrogen-bond acceptors (Lipinski definition) is 4. The third-order valence-electron chi connectivity index (χ3n) is 4.49. The van der Waals surface area contributed by atoms with Crippen LogP contribution in [0, 0.1) is 5.92 Å². The van der Waals surface area contributed by atoms with Crippen molar-refractivity contribution in [2.45, 2.75) is 31.9 Å². The number of ether oxygens (including phenoxy) is 2. The van der Waals surface area contributed by atoms with Crippen molar-refractivity contribution < 1.29 is 27.8 Å². The first-order valence-electron chi connectivity index (χ1n) is 8.26. The normalized spacial score (nSPS) is 21.6. The summed E-state index contributed by atoms with van der Waals surface area (Å²) in [6.45, 7) is -1.29. The average molecular weight is 354 g/mol. The molecule has 2 fully saturated rings. The van der Waals surface area contributed by atoms with Gasteiger partial charge in [0.1, 0.15) is 5.75 Å². The highest BCUT2D eigenvalue weighted by Gasteiger charge is 2.38. The maximum absolute atomic E-state index is 12.4. The van der Waals surface area contributed by atoms with E-state index in [4.69, 9.17) is 4.74 Å². The molecule has 2 aliphatic rings. The van der Waals surface area contributed by atoms with E-state index in [0.29, 0.717) is 25.4 Å². The van der Waals surface area contributed by atoms with Gasteiger partial charge < -0.3 is 19.7 Å². The van der Waals surface area contributed by atoms with Gasteiger partial charge in [-0.1, -0.05) is 6.07 Å². The molecule has 0 aromatic heterocycles. The van der Waals surface area contributed by atoms with Crippen LogP contribution >= 0.6 is 0 Å². The van der Waals surface area contributed by atoms with E-state index in [2.05, 4.69) is 10.1 Å². The lowest BCUT2D eigenvalue weighted by Crippen LogP contribution is -2.41. The number of nitrogens with zero attached hydrogens (tertiary/aromatic N) is 1. The third-order valence-corrected chi connectivity index (χ3v) is 4.49. The molecule has 1 unspecified atom stereocenters. The Morgan fingerprint density at radius 3 is 2.80 bits per heavy atom. The lowest BCUT2D eigenvalue weighted by molar-refractivity contribution is -0.131. The minimum Gasteiger partial charge on any atom is -0.435 e. The van der Waals surface area contributed by atoms with E-state index in [1.807, 2.05) is 0 Å². The van der Waals surface area contributed by atoms with Crippen molar-refractivity contribution in [2.24, 2.45) is 5.92 Å². The van der Waals surface area contributed by atoms with E-state index < -0.39 is 12.5 Å². The van der Waals surface area contributed by atoms with Gasteiger partial charge in [0.2, 0.25) is 11.8 Å². The Labute approximate surface area is 144 Å². The molecule has 0 bridgehead atoms. The molecule has 0 radical (unpaired) electrons. The van der Waals surface area contributed by atoms with Gasteiger partial charge in [0.25, 0.3) is 0 Å². The topological polar surface area (TPSA) is 67.9 Å². The number of carbonyl (C=O) groups is 2. The van der Waals surface area contributed by atoms with Crippen LogP contribution in [0.5, 0.6) is 5.75 Å². The summed E-state index contributed by atoms with van der Waals surface area (Å²) < 4.78 is 34.1. The summed E-state index contributed by atoms with van der Waals surface area (Å²) in [4.78, 5) is 26.4. The van der Waals surface area contributed by atoms with E-state index in [9.17, 15) is 18.4 Å². The molecule has 1 aromatic rings. The highest BCUT2D eigenvalue weighted by atomic mass is 19.3. The summed E-state index contributed by atoms with van der Waals surface area (Å²) in [5.74, 6) is -0.798. The average Bonchev–Trinajstić information content (AvgIpc) is 2.97. The molecule has 1 atom stereocenters. The summed E-state index contributed by atoms with van der Waals surface area (Å²) in [6, 6.07) is 5.94. The molecule has 6 nitrogen and oxygen atoms in total. The Bertz CT molecular complexity index is 635. The second-order valence-corrected chi connectivity index (χ2v) is 6.19. The molecule has 136 valence electrons. The molecule has 25 heavy (non-hydrogen) atoms. The van der Waals surface area contributed by atoms with Crippen molar-refractivity contribution >= 4 is 17.5 Å². The Kier molecular flexibility index (Phi) is 5.47. The lowest BCUT2D eigenvalue weighted by Gasteiger charge is -2.31. The van der Waals surface area contributed by atoms with Crippen LogP contribution in [-0.4, -0.2) is 49.1 Å². The molecule has 1 aromatic carbocycles. The number of likely N-dealkylation sites (tertiary alicyclic amines) is 1. The van der Waals surface area contributed by atoms with Crippen LogP contribution in [0.4, 0.5) is 14.5 Å². The number of carbonyl (C=O) groups excluding carboxylic acids is 2. The van der Waals surface area contributed by atoms with Gasteiger partial charge in [0.15, 0.2) is 0 Å². The van der Waals surface area contributed by atoms with Gasteiger partial charge in [-0.05, 0) is 25.0 Å². The fourth-order valence-corrected chi connectivity index (χ4v) is 3.25. The zero-order valence-corrected chi connectivity index (χ0v) is 13.6. The van der Waals surface area contributed by atoms with Gasteiger partial charge in [-0.3, -0.25) is 9.59 Å². The predicted molar refractivity (Wildman–Crippen MR) is 85.4 cm³/mol. The molecular weight excluding hydrogens is 334 g/mol. The van der Waals surface area contributed by atoms with Crippen LogP contribution in [0.2, 0.25) is 0 Å². The number of anilines is 1. The monoisotopic (exact) mass is 354 g/mol. The zero-order chi connectivity index (χ0) is 17.8. The second kappa shape index (κ2) is 7.77. The molecular formula is C17H20F2N2O4. The maximum atomic E-state index is 12.4. The van der Waals surface area contributed by atoms with E-state index in [0.717, 1.165) is 12.8 Å². The smallest absolute Gasteiger partial charge is 0.387 e. The number of amides is 2. The lowest BCUT2D eigenvalue weighted by atomic mass is 10.1. The highest BCUT2D eigenvalue weighted by Crippen LogP contribution is 2.26. The van der Waals surface area contributed by atoms with Gasteiger partial charge in [-0.25, -0.2) is 0 Å². The van der Waals surface area contributed by atoms with Crippen molar-refractivity contribution in [1.82, 2.24) is 4.90 Å². The Hall–Kier alpha value is -2.22. The van der Waals surface area contributed by atoms with Crippen molar-refractivity contribution in [3.63, 3.8) is 0 Å². The number of alkyl halides is 2. The van der Waals surface area contributed by atoms with Crippen molar-refractivity contribution in [1.29, 1.82) is 0 Å². The van der Waals surface area contributed by atoms with E-state index in [1.54, 1.807) is 11.0 Å². The Morgan fingerprint density at radius 1 is 1.32 bits per heavy atom. The SMILES string of the molecule is O=C(Nc1cccc(OC(F)F)c1)C1CC(=O)N(C2CCOCC2)C1. The standard InChI is InChI=1S/C17H20F2N2O4/c18-17(19)25-14-3-1-2-12(9-14)20-16(23)11-8-15(22)21(10-11)13-4-6-24-7-5-13/h1-3,9,11,13,17H,4-8,10H2,(H,20,23). The Morgan fingerprint density at radius 2 is 2.08 bits per heavy atom. The number of rotatable bonds is 5. The minimum atomic E-state index is -2.92. The van der Waals surface area contributed by atoms with E-state index in [1.165, 1.54) is 18.2 Å². The van der Waals surface area contributed by atoms with Crippen LogP contribution in [0.3, 0.4) is 0 Å². The van der Waals surface area contributed by atoms with Crippen LogP contribution < -0.4 is 10.1 Å². The number of hydrogen-bond donors (Lipinski definition) is 1. The molecule has 0 spiro atoms. The van der Waals surface area contributed by atoms with E-state index >= 15 is 0 Å². The first-order chi connectivity index (χ1) is 12.0. The fraction of sp³-hybridized carbons (Fsp3) is 0.529. The third kappa shape index (κ3) is 4.45. The molecule has 3 rings (SSSR count). The molecule has 0 aliphatic carbocycles. The quantitative estimate of drug-likeness (QED) is 0.881. The zero-order valence-electron chi connectivity index (χ0n) is 13.6. The van der Waals surface area contributed by atoms with Gasteiger partial charge in [0, 0.05) is 44.0 Å². The van der Waals surface area contributed by atoms with Crippen LogP contribution in [0.15, 0.2) is 24.3 Å².